The van der Waals surface area contributed by atoms with Crippen molar-refractivity contribution in [2.45, 2.75) is 25.3 Å². The van der Waals surface area contributed by atoms with Crippen LogP contribution in [0, 0.1) is 11.8 Å². The van der Waals surface area contributed by atoms with Crippen molar-refractivity contribution in [3.05, 3.63) is 42.4 Å². The van der Waals surface area contributed by atoms with Gasteiger partial charge in [0.15, 0.2) is 5.82 Å². The monoisotopic (exact) mass is 326 g/mol. The molecule has 0 bridgehead atoms. The highest BCUT2D eigenvalue weighted by Gasteiger charge is 2.49. The molecule has 1 saturated heterocycles. The van der Waals surface area contributed by atoms with E-state index in [1.165, 1.54) is 4.90 Å². The van der Waals surface area contributed by atoms with Crippen LogP contribution in [0.1, 0.15) is 29.8 Å². The zero-order chi connectivity index (χ0) is 16.7. The Kier molecular flexibility index (Phi) is 3.55. The van der Waals surface area contributed by atoms with E-state index >= 15 is 0 Å². The number of nitrogens with zero attached hydrogens (tertiary/aromatic N) is 4. The minimum Gasteiger partial charge on any atom is -0.480 e. The molecule has 1 aliphatic heterocycles. The average molecular weight is 326 g/mol. The second-order valence-electron chi connectivity index (χ2n) is 6.43. The minimum atomic E-state index is -0.916. The quantitative estimate of drug-likeness (QED) is 0.925. The number of hydrogen-bond acceptors (Lipinski definition) is 4. The third kappa shape index (κ3) is 2.36. The van der Waals surface area contributed by atoms with Crippen LogP contribution in [0.5, 0.6) is 0 Å². The molecule has 1 saturated carbocycles. The normalized spacial score (nSPS) is 25.7. The fraction of sp³-hybridized carbons (Fsp3) is 0.412. The number of carboxylic acid groups (broad SMARTS) is 1. The maximum atomic E-state index is 12.9. The summed E-state index contributed by atoms with van der Waals surface area (Å²) in [5.41, 5.74) is 0.259. The summed E-state index contributed by atoms with van der Waals surface area (Å²) in [6.07, 6.45) is 6.31. The van der Waals surface area contributed by atoms with Gasteiger partial charge in [0.25, 0.3) is 5.91 Å². The Morgan fingerprint density at radius 1 is 1.21 bits per heavy atom. The van der Waals surface area contributed by atoms with E-state index in [9.17, 15) is 14.7 Å². The molecule has 7 nitrogen and oxygen atoms in total. The molecule has 2 aliphatic rings. The van der Waals surface area contributed by atoms with Crippen LogP contribution in [0.15, 0.2) is 36.7 Å². The Labute approximate surface area is 138 Å². The molecule has 3 unspecified atom stereocenters. The van der Waals surface area contributed by atoms with Gasteiger partial charge in [0.05, 0.1) is 0 Å². The van der Waals surface area contributed by atoms with Crippen LogP contribution < -0.4 is 0 Å². The van der Waals surface area contributed by atoms with Gasteiger partial charge in [-0.25, -0.2) is 14.5 Å². The van der Waals surface area contributed by atoms with Gasteiger partial charge in [-0.05, 0) is 42.9 Å². The second kappa shape index (κ2) is 5.74. The molecule has 0 aromatic carbocycles. The highest BCUT2D eigenvalue weighted by atomic mass is 16.4. The van der Waals surface area contributed by atoms with Gasteiger partial charge in [-0.15, -0.1) is 0 Å². The zero-order valence-corrected chi connectivity index (χ0v) is 13.1. The summed E-state index contributed by atoms with van der Waals surface area (Å²) in [4.78, 5) is 30.5. The first-order valence-corrected chi connectivity index (χ1v) is 8.16. The number of rotatable bonds is 3. The number of fused-ring (bicyclic) bond motifs is 1. The maximum absolute atomic E-state index is 12.9. The van der Waals surface area contributed by atoms with Gasteiger partial charge in [-0.1, -0.05) is 12.5 Å². The second-order valence-corrected chi connectivity index (χ2v) is 6.43. The summed E-state index contributed by atoms with van der Waals surface area (Å²) in [6.45, 7) is 0.508. The number of aliphatic carboxylic acids is 1. The van der Waals surface area contributed by atoms with Crippen molar-refractivity contribution in [3.8, 4) is 5.82 Å². The molecule has 124 valence electrons. The predicted octanol–water partition coefficient (Wildman–Crippen LogP) is 1.59. The lowest BCUT2D eigenvalue weighted by molar-refractivity contribution is -0.142. The molecule has 4 rings (SSSR count). The molecule has 3 heterocycles. The van der Waals surface area contributed by atoms with Gasteiger partial charge < -0.3 is 10.0 Å². The SMILES string of the molecule is O=C(O)C1C2CCCC2CN1C(=O)c1cccc(-n2cccn2)n1. The lowest BCUT2D eigenvalue weighted by Gasteiger charge is -2.24. The first-order chi connectivity index (χ1) is 11.6. The van der Waals surface area contributed by atoms with E-state index in [-0.39, 0.29) is 17.5 Å². The lowest BCUT2D eigenvalue weighted by Crippen LogP contribution is -2.43. The van der Waals surface area contributed by atoms with Crippen molar-refractivity contribution in [2.75, 3.05) is 6.54 Å². The fourth-order valence-electron chi connectivity index (χ4n) is 4.05. The molecular formula is C17H18N4O3. The molecule has 2 aromatic rings. The minimum absolute atomic E-state index is 0.0701. The first kappa shape index (κ1) is 14.9. The number of likely N-dealkylation sites (tertiary alicyclic amines) is 1. The lowest BCUT2D eigenvalue weighted by atomic mass is 9.94. The third-order valence-corrected chi connectivity index (χ3v) is 5.10. The van der Waals surface area contributed by atoms with Crippen LogP contribution in [0.2, 0.25) is 0 Å². The Hall–Kier alpha value is -2.70. The van der Waals surface area contributed by atoms with E-state index in [0.717, 1.165) is 19.3 Å². The number of carbonyl (C=O) groups is 2. The molecule has 2 aromatic heterocycles. The van der Waals surface area contributed by atoms with Gasteiger partial charge >= 0.3 is 5.97 Å². The number of aromatic nitrogens is 3. The number of carboxylic acids is 1. The van der Waals surface area contributed by atoms with E-state index in [1.807, 2.05) is 0 Å². The van der Waals surface area contributed by atoms with Crippen molar-refractivity contribution in [1.29, 1.82) is 0 Å². The number of hydrogen-bond donors (Lipinski definition) is 1. The van der Waals surface area contributed by atoms with Gasteiger partial charge in [0.1, 0.15) is 11.7 Å². The molecule has 2 fully saturated rings. The van der Waals surface area contributed by atoms with Crippen LogP contribution >= 0.6 is 0 Å². The summed E-state index contributed by atoms with van der Waals surface area (Å²) in [7, 11) is 0. The largest absolute Gasteiger partial charge is 0.480 e. The van der Waals surface area contributed by atoms with Gasteiger partial charge in [-0.2, -0.15) is 5.10 Å². The van der Waals surface area contributed by atoms with Crippen LogP contribution in [-0.2, 0) is 4.79 Å². The smallest absolute Gasteiger partial charge is 0.326 e. The van der Waals surface area contributed by atoms with E-state index in [1.54, 1.807) is 41.3 Å². The van der Waals surface area contributed by atoms with Gasteiger partial charge in [0.2, 0.25) is 0 Å². The molecule has 0 radical (unpaired) electrons. The van der Waals surface area contributed by atoms with Crippen molar-refractivity contribution in [2.24, 2.45) is 11.8 Å². The molecule has 1 N–H and O–H groups in total. The summed E-state index contributed by atoms with van der Waals surface area (Å²) in [5, 5.41) is 13.7. The zero-order valence-electron chi connectivity index (χ0n) is 13.1. The summed E-state index contributed by atoms with van der Waals surface area (Å²) in [6, 6.07) is 6.17. The molecular weight excluding hydrogens is 308 g/mol. The van der Waals surface area contributed by atoms with Crippen molar-refractivity contribution in [3.63, 3.8) is 0 Å². The number of pyridine rings is 1. The Bertz CT molecular complexity index is 774. The fourth-order valence-corrected chi connectivity index (χ4v) is 4.05. The van der Waals surface area contributed by atoms with E-state index < -0.39 is 12.0 Å². The van der Waals surface area contributed by atoms with Crippen molar-refractivity contribution < 1.29 is 14.7 Å². The van der Waals surface area contributed by atoms with Crippen molar-refractivity contribution in [1.82, 2.24) is 19.7 Å². The van der Waals surface area contributed by atoms with E-state index in [2.05, 4.69) is 10.1 Å². The van der Waals surface area contributed by atoms with Crippen LogP contribution in [0.3, 0.4) is 0 Å². The summed E-state index contributed by atoms with van der Waals surface area (Å²) in [5.74, 6) is -0.325. The maximum Gasteiger partial charge on any atom is 0.326 e. The predicted molar refractivity (Wildman–Crippen MR) is 84.7 cm³/mol. The first-order valence-electron chi connectivity index (χ1n) is 8.16. The Balaban J connectivity index is 1.64. The highest BCUT2D eigenvalue weighted by Crippen LogP contribution is 2.42. The summed E-state index contributed by atoms with van der Waals surface area (Å²) < 4.78 is 1.57. The molecule has 3 atom stereocenters. The third-order valence-electron chi connectivity index (χ3n) is 5.10. The van der Waals surface area contributed by atoms with Gasteiger partial charge in [0, 0.05) is 18.9 Å². The molecule has 1 amide bonds. The Morgan fingerprint density at radius 2 is 2.08 bits per heavy atom. The highest BCUT2D eigenvalue weighted by molar-refractivity contribution is 5.95. The van der Waals surface area contributed by atoms with Crippen molar-refractivity contribution >= 4 is 11.9 Å². The summed E-state index contributed by atoms with van der Waals surface area (Å²) >= 11 is 0. The number of carbonyl (C=O) groups excluding carboxylic acids is 1. The Morgan fingerprint density at radius 3 is 2.83 bits per heavy atom. The van der Waals surface area contributed by atoms with E-state index in [0.29, 0.717) is 18.3 Å². The molecule has 0 spiro atoms. The van der Waals surface area contributed by atoms with Crippen LogP contribution in [-0.4, -0.2) is 49.2 Å². The van der Waals surface area contributed by atoms with E-state index in [4.69, 9.17) is 0 Å². The van der Waals surface area contributed by atoms with Crippen LogP contribution in [0.4, 0.5) is 0 Å². The van der Waals surface area contributed by atoms with Crippen LogP contribution in [0.25, 0.3) is 5.82 Å². The standard InChI is InChI=1S/C17H18N4O3/c22-16(13-6-2-7-14(19-13)21-9-3-8-18-21)20-10-11-4-1-5-12(11)15(20)17(23)24/h2-3,6-9,11-12,15H,1,4-5,10H2,(H,23,24). The number of amides is 1. The molecule has 7 heteroatoms. The average Bonchev–Trinajstić information content (AvgIpc) is 3.30. The molecule has 24 heavy (non-hydrogen) atoms. The van der Waals surface area contributed by atoms with Gasteiger partial charge in [-0.3, -0.25) is 4.79 Å². The topological polar surface area (TPSA) is 88.3 Å². The molecule has 1 aliphatic carbocycles.